The molecule has 0 aromatic rings. The van der Waals surface area contributed by atoms with E-state index in [1.165, 1.54) is 0 Å². The zero-order valence-corrected chi connectivity index (χ0v) is 10.5. The van der Waals surface area contributed by atoms with Crippen molar-refractivity contribution in [2.24, 2.45) is 11.7 Å². The quantitative estimate of drug-likeness (QED) is 0.671. The summed E-state index contributed by atoms with van der Waals surface area (Å²) in [5.41, 5.74) is 4.91. The van der Waals surface area contributed by atoms with Crippen LogP contribution in [-0.4, -0.2) is 36.7 Å². The van der Waals surface area contributed by atoms with Crippen molar-refractivity contribution in [2.45, 2.75) is 38.8 Å². The minimum atomic E-state index is -1.01. The van der Waals surface area contributed by atoms with Gasteiger partial charge in [0, 0.05) is 6.42 Å². The molecule has 0 bridgehead atoms. The topological polar surface area (TPSA) is 108 Å². The molecule has 0 radical (unpaired) electrons. The second-order valence-electron chi connectivity index (χ2n) is 4.57. The summed E-state index contributed by atoms with van der Waals surface area (Å²) in [5.74, 6) is -0.840. The molecule has 2 atom stereocenters. The van der Waals surface area contributed by atoms with E-state index < -0.39 is 30.1 Å². The minimum absolute atomic E-state index is 0.149. The van der Waals surface area contributed by atoms with Gasteiger partial charge in [-0.2, -0.15) is 0 Å². The average molecular weight is 258 g/mol. The van der Waals surface area contributed by atoms with Gasteiger partial charge in [0.15, 0.2) is 6.10 Å². The highest BCUT2D eigenvalue weighted by Crippen LogP contribution is 2.11. The Morgan fingerprint density at radius 3 is 2.67 bits per heavy atom. The van der Waals surface area contributed by atoms with Crippen LogP contribution < -0.4 is 11.1 Å². The number of esters is 1. The summed E-state index contributed by atoms with van der Waals surface area (Å²) in [6, 6.07) is -0.663. The number of rotatable bonds is 5. The van der Waals surface area contributed by atoms with E-state index in [1.807, 2.05) is 13.8 Å². The molecule has 0 aromatic carbocycles. The third kappa shape index (κ3) is 4.23. The molecule has 1 saturated heterocycles. The van der Waals surface area contributed by atoms with Gasteiger partial charge < -0.3 is 20.5 Å². The van der Waals surface area contributed by atoms with Crippen LogP contribution in [0, 0.1) is 5.92 Å². The van der Waals surface area contributed by atoms with Crippen LogP contribution in [0.25, 0.3) is 0 Å². The number of hydrogen-bond acceptors (Lipinski definition) is 5. The van der Waals surface area contributed by atoms with Gasteiger partial charge in [0.2, 0.25) is 0 Å². The van der Waals surface area contributed by atoms with Gasteiger partial charge in [0.1, 0.15) is 6.04 Å². The van der Waals surface area contributed by atoms with Crippen LogP contribution in [-0.2, 0) is 19.1 Å². The number of cyclic esters (lactones) is 1. The maximum atomic E-state index is 11.9. The molecule has 3 N–H and O–H groups in total. The van der Waals surface area contributed by atoms with Crippen LogP contribution in [0.1, 0.15) is 26.7 Å². The van der Waals surface area contributed by atoms with Crippen LogP contribution in [0.15, 0.2) is 0 Å². The Morgan fingerprint density at radius 1 is 1.56 bits per heavy atom. The van der Waals surface area contributed by atoms with E-state index in [-0.39, 0.29) is 12.5 Å². The third-order valence-corrected chi connectivity index (χ3v) is 2.49. The van der Waals surface area contributed by atoms with Crippen molar-refractivity contribution in [1.29, 1.82) is 0 Å². The first-order valence-electron chi connectivity index (χ1n) is 5.83. The Morgan fingerprint density at radius 2 is 2.22 bits per heavy atom. The molecule has 0 saturated carbocycles. The lowest BCUT2D eigenvalue weighted by molar-refractivity contribution is -0.142. The first-order valence-corrected chi connectivity index (χ1v) is 5.83. The lowest BCUT2D eigenvalue weighted by atomic mass is 10.0. The van der Waals surface area contributed by atoms with E-state index in [1.54, 1.807) is 0 Å². The number of carbonyl (C=O) groups excluding carboxylic acids is 3. The lowest BCUT2D eigenvalue weighted by Gasteiger charge is -2.19. The van der Waals surface area contributed by atoms with Crippen LogP contribution in [0.3, 0.4) is 0 Å². The summed E-state index contributed by atoms with van der Waals surface area (Å²) in [6.07, 6.45) is -1.22. The zero-order chi connectivity index (χ0) is 13.7. The van der Waals surface area contributed by atoms with Gasteiger partial charge in [0.05, 0.1) is 6.61 Å². The van der Waals surface area contributed by atoms with Gasteiger partial charge in [0.25, 0.3) is 5.91 Å². The smallest absolute Gasteiger partial charge is 0.405 e. The molecule has 0 aliphatic carbocycles. The van der Waals surface area contributed by atoms with E-state index in [4.69, 9.17) is 15.2 Å². The Kier molecular flexibility index (Phi) is 4.94. The Hall–Kier alpha value is -1.79. The number of ether oxygens (including phenoxy) is 2. The molecular weight excluding hydrogens is 240 g/mol. The molecule has 7 nitrogen and oxygen atoms in total. The molecule has 1 heterocycles. The third-order valence-electron chi connectivity index (χ3n) is 2.49. The zero-order valence-electron chi connectivity index (χ0n) is 10.5. The second kappa shape index (κ2) is 6.23. The normalized spacial score (nSPS) is 20.4. The highest BCUT2D eigenvalue weighted by Gasteiger charge is 2.32. The maximum Gasteiger partial charge on any atom is 0.405 e. The average Bonchev–Trinajstić information content (AvgIpc) is 2.62. The van der Waals surface area contributed by atoms with Gasteiger partial charge in [-0.15, -0.1) is 0 Å². The fourth-order valence-corrected chi connectivity index (χ4v) is 1.67. The fourth-order valence-electron chi connectivity index (χ4n) is 1.67. The van der Waals surface area contributed by atoms with Crippen LogP contribution in [0.4, 0.5) is 4.79 Å². The van der Waals surface area contributed by atoms with E-state index in [0.717, 1.165) is 0 Å². The molecule has 18 heavy (non-hydrogen) atoms. The first kappa shape index (κ1) is 14.3. The largest absolute Gasteiger partial charge is 0.464 e. The van der Waals surface area contributed by atoms with Gasteiger partial charge in [-0.25, -0.2) is 9.59 Å². The van der Waals surface area contributed by atoms with Crippen molar-refractivity contribution < 1.29 is 23.9 Å². The highest BCUT2D eigenvalue weighted by atomic mass is 16.6. The summed E-state index contributed by atoms with van der Waals surface area (Å²) in [5, 5.41) is 2.49. The molecule has 0 spiro atoms. The number of amides is 2. The van der Waals surface area contributed by atoms with Gasteiger partial charge in [-0.05, 0) is 12.3 Å². The van der Waals surface area contributed by atoms with E-state index in [2.05, 4.69) is 5.32 Å². The Balaban J connectivity index is 2.57. The number of hydrogen-bond donors (Lipinski definition) is 2. The predicted molar refractivity (Wildman–Crippen MR) is 61.4 cm³/mol. The number of carbonyl (C=O) groups is 3. The molecule has 1 aliphatic heterocycles. The first-order chi connectivity index (χ1) is 8.40. The van der Waals surface area contributed by atoms with Crippen LogP contribution >= 0.6 is 0 Å². The summed E-state index contributed by atoms with van der Waals surface area (Å²) < 4.78 is 9.47. The highest BCUT2D eigenvalue weighted by molar-refractivity contribution is 5.88. The maximum absolute atomic E-state index is 11.9. The summed E-state index contributed by atoms with van der Waals surface area (Å²) >= 11 is 0. The van der Waals surface area contributed by atoms with E-state index in [9.17, 15) is 14.4 Å². The van der Waals surface area contributed by atoms with Gasteiger partial charge in [-0.1, -0.05) is 13.8 Å². The summed E-state index contributed by atoms with van der Waals surface area (Å²) in [4.78, 5) is 33.8. The van der Waals surface area contributed by atoms with Crippen LogP contribution in [0.2, 0.25) is 0 Å². The van der Waals surface area contributed by atoms with Gasteiger partial charge in [-0.3, -0.25) is 4.79 Å². The van der Waals surface area contributed by atoms with Crippen LogP contribution in [0.5, 0.6) is 0 Å². The van der Waals surface area contributed by atoms with Crippen molar-refractivity contribution in [2.75, 3.05) is 6.61 Å². The van der Waals surface area contributed by atoms with Crippen molar-refractivity contribution in [3.05, 3.63) is 0 Å². The molecule has 1 aliphatic rings. The lowest BCUT2D eigenvalue weighted by Crippen LogP contribution is -2.46. The Bertz CT molecular complexity index is 342. The molecule has 7 heteroatoms. The SMILES string of the molecule is CC(C)CC(OC(N)=O)C(=O)NC1CCOC1=O. The molecule has 102 valence electrons. The number of nitrogens with two attached hydrogens (primary N) is 1. The van der Waals surface area contributed by atoms with Crippen molar-refractivity contribution in [1.82, 2.24) is 5.32 Å². The number of primary amides is 1. The van der Waals surface area contributed by atoms with Crippen molar-refractivity contribution in [3.8, 4) is 0 Å². The van der Waals surface area contributed by atoms with E-state index in [0.29, 0.717) is 12.8 Å². The minimum Gasteiger partial charge on any atom is -0.464 e. The fraction of sp³-hybridized carbons (Fsp3) is 0.727. The second-order valence-corrected chi connectivity index (χ2v) is 4.57. The molecule has 1 rings (SSSR count). The summed E-state index contributed by atoms with van der Waals surface area (Å²) in [6.45, 7) is 4.05. The predicted octanol–water partition coefficient (Wildman–Crippen LogP) is -0.0719. The molecule has 0 aromatic heterocycles. The molecular formula is C11H18N2O5. The van der Waals surface area contributed by atoms with Gasteiger partial charge >= 0.3 is 12.1 Å². The Labute approximate surface area is 105 Å². The standard InChI is InChI=1S/C11H18N2O5/c1-6(2)5-8(18-11(12)16)9(14)13-7-3-4-17-10(7)15/h6-8H,3-5H2,1-2H3,(H2,12,16)(H,13,14). The van der Waals surface area contributed by atoms with Crippen molar-refractivity contribution >= 4 is 18.0 Å². The molecule has 1 fully saturated rings. The van der Waals surface area contributed by atoms with Crippen molar-refractivity contribution in [3.63, 3.8) is 0 Å². The monoisotopic (exact) mass is 258 g/mol. The molecule has 2 amide bonds. The summed E-state index contributed by atoms with van der Waals surface area (Å²) in [7, 11) is 0. The molecule has 2 unspecified atom stereocenters. The number of nitrogens with one attached hydrogen (secondary N) is 1. The van der Waals surface area contributed by atoms with E-state index >= 15 is 0 Å².